The second-order valence-electron chi connectivity index (χ2n) is 7.25. The van der Waals surface area contributed by atoms with E-state index in [1.807, 2.05) is 49.2 Å². The fourth-order valence-corrected chi connectivity index (χ4v) is 3.39. The summed E-state index contributed by atoms with van der Waals surface area (Å²) in [6, 6.07) is 8.06. The Kier molecular flexibility index (Phi) is 6.29. The van der Waals surface area contributed by atoms with E-state index in [0.29, 0.717) is 32.7 Å². The molecule has 1 atom stereocenters. The fourth-order valence-electron chi connectivity index (χ4n) is 3.39. The lowest BCUT2D eigenvalue weighted by atomic mass is 10.1. The van der Waals surface area contributed by atoms with Crippen LogP contribution in [0.5, 0.6) is 0 Å². The third-order valence-electron chi connectivity index (χ3n) is 4.83. The minimum atomic E-state index is -0.481. The highest BCUT2D eigenvalue weighted by atomic mass is 16.5. The molecule has 6 nitrogen and oxygen atoms in total. The minimum absolute atomic E-state index is 0.128. The zero-order valence-electron chi connectivity index (χ0n) is 15.6. The number of aromatic amines is 1. The molecule has 1 aromatic heterocycles. The number of aliphatic hydroxyl groups is 1. The lowest BCUT2D eigenvalue weighted by Gasteiger charge is -2.35. The zero-order valence-corrected chi connectivity index (χ0v) is 15.6. The van der Waals surface area contributed by atoms with Crippen molar-refractivity contribution in [1.82, 2.24) is 14.8 Å². The van der Waals surface area contributed by atoms with Crippen LogP contribution in [0.2, 0.25) is 0 Å². The Balaban J connectivity index is 1.46. The van der Waals surface area contributed by atoms with Gasteiger partial charge in [0.2, 0.25) is 5.91 Å². The van der Waals surface area contributed by atoms with Gasteiger partial charge in [0.15, 0.2) is 0 Å². The highest BCUT2D eigenvalue weighted by Crippen LogP contribution is 2.19. The van der Waals surface area contributed by atoms with Gasteiger partial charge in [0.05, 0.1) is 25.2 Å². The molecule has 1 aromatic carbocycles. The number of rotatable bonds is 7. The Hall–Kier alpha value is -1.89. The predicted molar refractivity (Wildman–Crippen MR) is 102 cm³/mol. The summed E-state index contributed by atoms with van der Waals surface area (Å²) in [5.41, 5.74) is 2.12. The number of nitrogens with one attached hydrogen (secondary N) is 1. The van der Waals surface area contributed by atoms with E-state index in [9.17, 15) is 9.90 Å². The number of ether oxygens (including phenoxy) is 1. The van der Waals surface area contributed by atoms with Crippen molar-refractivity contribution in [1.29, 1.82) is 0 Å². The standard InChI is InChI=1S/C20H29N3O3/c1-15(2)26-14-17(24)13-22-7-9-23(10-8-22)20(25)11-16-12-21-19-6-4-3-5-18(16)19/h3-6,12,15,17,21,24H,7-11,13-14H2,1-2H3/t17-/m0/s1. The van der Waals surface area contributed by atoms with Gasteiger partial charge in [-0.05, 0) is 25.5 Å². The summed E-state index contributed by atoms with van der Waals surface area (Å²) in [5, 5.41) is 11.2. The molecule has 0 bridgehead atoms. The van der Waals surface area contributed by atoms with Crippen molar-refractivity contribution in [3.63, 3.8) is 0 Å². The average molecular weight is 359 g/mol. The molecule has 142 valence electrons. The molecule has 1 fully saturated rings. The summed E-state index contributed by atoms with van der Waals surface area (Å²) in [6.45, 7) is 7.87. The second-order valence-corrected chi connectivity index (χ2v) is 7.25. The molecular formula is C20H29N3O3. The number of aromatic nitrogens is 1. The normalized spacial score (nSPS) is 17.2. The van der Waals surface area contributed by atoms with Crippen LogP contribution in [0.4, 0.5) is 0 Å². The minimum Gasteiger partial charge on any atom is -0.389 e. The van der Waals surface area contributed by atoms with Crippen molar-refractivity contribution in [3.05, 3.63) is 36.0 Å². The molecule has 0 spiro atoms. The summed E-state index contributed by atoms with van der Waals surface area (Å²) in [5.74, 6) is 0.165. The maximum atomic E-state index is 12.6. The van der Waals surface area contributed by atoms with E-state index >= 15 is 0 Å². The molecule has 2 aromatic rings. The number of fused-ring (bicyclic) bond motifs is 1. The number of amides is 1. The van der Waals surface area contributed by atoms with Crippen LogP contribution in [0.3, 0.4) is 0 Å². The maximum absolute atomic E-state index is 12.6. The largest absolute Gasteiger partial charge is 0.389 e. The van der Waals surface area contributed by atoms with Crippen LogP contribution in [-0.2, 0) is 16.0 Å². The van der Waals surface area contributed by atoms with Crippen molar-refractivity contribution in [2.75, 3.05) is 39.3 Å². The molecule has 6 heteroatoms. The summed E-state index contributed by atoms with van der Waals surface area (Å²) >= 11 is 0. The van der Waals surface area contributed by atoms with Crippen LogP contribution in [-0.4, -0.2) is 77.3 Å². The monoisotopic (exact) mass is 359 g/mol. The van der Waals surface area contributed by atoms with Crippen molar-refractivity contribution in [3.8, 4) is 0 Å². The summed E-state index contributed by atoms with van der Waals surface area (Å²) < 4.78 is 5.45. The number of carbonyl (C=O) groups is 1. The number of para-hydroxylation sites is 1. The van der Waals surface area contributed by atoms with Gasteiger partial charge in [0.1, 0.15) is 0 Å². The Labute approximate surface area is 154 Å². The molecule has 0 aliphatic carbocycles. The highest BCUT2D eigenvalue weighted by Gasteiger charge is 2.23. The van der Waals surface area contributed by atoms with E-state index in [1.165, 1.54) is 0 Å². The molecule has 0 saturated carbocycles. The third-order valence-corrected chi connectivity index (χ3v) is 4.83. The van der Waals surface area contributed by atoms with Crippen LogP contribution in [0.15, 0.2) is 30.5 Å². The van der Waals surface area contributed by atoms with E-state index in [2.05, 4.69) is 9.88 Å². The summed E-state index contributed by atoms with van der Waals surface area (Å²) in [4.78, 5) is 20.0. The Bertz CT molecular complexity index is 720. The molecule has 2 heterocycles. The molecule has 0 radical (unpaired) electrons. The molecule has 1 aliphatic rings. The van der Waals surface area contributed by atoms with E-state index < -0.39 is 6.10 Å². The molecule has 0 unspecified atom stereocenters. The Morgan fingerprint density at radius 1 is 1.23 bits per heavy atom. The lowest BCUT2D eigenvalue weighted by Crippen LogP contribution is -2.51. The van der Waals surface area contributed by atoms with Crippen LogP contribution in [0.1, 0.15) is 19.4 Å². The van der Waals surface area contributed by atoms with Crippen LogP contribution < -0.4 is 0 Å². The summed E-state index contributed by atoms with van der Waals surface area (Å²) in [6.07, 6.45) is 2.01. The highest BCUT2D eigenvalue weighted by molar-refractivity contribution is 5.88. The van der Waals surface area contributed by atoms with Gasteiger partial charge in [-0.2, -0.15) is 0 Å². The van der Waals surface area contributed by atoms with Gasteiger partial charge >= 0.3 is 0 Å². The summed E-state index contributed by atoms with van der Waals surface area (Å²) in [7, 11) is 0. The van der Waals surface area contributed by atoms with Crippen molar-refractivity contribution in [2.24, 2.45) is 0 Å². The van der Waals surface area contributed by atoms with Crippen molar-refractivity contribution < 1.29 is 14.6 Å². The first-order valence-corrected chi connectivity index (χ1v) is 9.37. The lowest BCUT2D eigenvalue weighted by molar-refractivity contribution is -0.132. The van der Waals surface area contributed by atoms with Crippen molar-refractivity contribution >= 4 is 16.8 Å². The maximum Gasteiger partial charge on any atom is 0.227 e. The first-order valence-electron chi connectivity index (χ1n) is 9.37. The number of benzene rings is 1. The zero-order chi connectivity index (χ0) is 18.5. The SMILES string of the molecule is CC(C)OC[C@@H](O)CN1CCN(C(=O)Cc2c[nH]c3ccccc23)CC1. The van der Waals surface area contributed by atoms with Gasteiger partial charge in [-0.15, -0.1) is 0 Å². The number of H-pyrrole nitrogens is 1. The van der Waals surface area contributed by atoms with E-state index in [1.54, 1.807) is 0 Å². The molecule has 1 aliphatic heterocycles. The quantitative estimate of drug-likeness (QED) is 0.789. The number of piperazine rings is 1. The average Bonchev–Trinajstić information content (AvgIpc) is 3.04. The number of aliphatic hydroxyl groups excluding tert-OH is 1. The van der Waals surface area contributed by atoms with E-state index in [4.69, 9.17) is 4.74 Å². The van der Waals surface area contributed by atoms with Gasteiger partial charge in [-0.3, -0.25) is 9.69 Å². The Morgan fingerprint density at radius 2 is 1.96 bits per heavy atom. The topological polar surface area (TPSA) is 68.8 Å². The number of carbonyl (C=O) groups excluding carboxylic acids is 1. The predicted octanol–water partition coefficient (Wildman–Crippen LogP) is 1.64. The first-order chi connectivity index (χ1) is 12.5. The van der Waals surface area contributed by atoms with Crippen LogP contribution >= 0.6 is 0 Å². The number of β-amino-alcohol motifs (C(OH)–C–C–N with tert-alkyl or cyclic N) is 1. The van der Waals surface area contributed by atoms with Gasteiger partial charge in [0.25, 0.3) is 0 Å². The third kappa shape index (κ3) is 4.84. The van der Waals surface area contributed by atoms with Gasteiger partial charge in [0, 0.05) is 49.8 Å². The van der Waals surface area contributed by atoms with Crippen LogP contribution in [0, 0.1) is 0 Å². The molecule has 26 heavy (non-hydrogen) atoms. The molecule has 3 rings (SSSR count). The molecule has 2 N–H and O–H groups in total. The molecular weight excluding hydrogens is 330 g/mol. The van der Waals surface area contributed by atoms with Crippen molar-refractivity contribution in [2.45, 2.75) is 32.5 Å². The van der Waals surface area contributed by atoms with Crippen LogP contribution in [0.25, 0.3) is 10.9 Å². The van der Waals surface area contributed by atoms with Gasteiger partial charge in [-0.25, -0.2) is 0 Å². The van der Waals surface area contributed by atoms with E-state index in [0.717, 1.165) is 29.6 Å². The Morgan fingerprint density at radius 3 is 2.69 bits per heavy atom. The molecule has 1 amide bonds. The number of hydrogen-bond donors (Lipinski definition) is 2. The smallest absolute Gasteiger partial charge is 0.227 e. The fraction of sp³-hybridized carbons (Fsp3) is 0.550. The van der Waals surface area contributed by atoms with Gasteiger partial charge in [-0.1, -0.05) is 18.2 Å². The number of hydrogen-bond acceptors (Lipinski definition) is 4. The first kappa shape index (κ1) is 18.9. The van der Waals surface area contributed by atoms with Gasteiger partial charge < -0.3 is 19.7 Å². The van der Waals surface area contributed by atoms with E-state index in [-0.39, 0.29) is 12.0 Å². The number of nitrogens with zero attached hydrogens (tertiary/aromatic N) is 2. The second kappa shape index (κ2) is 8.66. The molecule has 1 saturated heterocycles.